The van der Waals surface area contributed by atoms with Gasteiger partial charge in [-0.05, 0) is 78.6 Å². The molecule has 250 valence electrons. The van der Waals surface area contributed by atoms with Crippen LogP contribution in [0, 0.1) is 36.5 Å². The van der Waals surface area contributed by atoms with Gasteiger partial charge in [0, 0.05) is 44.0 Å². The lowest BCUT2D eigenvalue weighted by atomic mass is 9.84. The van der Waals surface area contributed by atoms with Gasteiger partial charge in [0.25, 0.3) is 11.5 Å². The highest BCUT2D eigenvalue weighted by Gasteiger charge is 2.35. The molecule has 0 radical (unpaired) electrons. The topological polar surface area (TPSA) is 87.8 Å². The van der Waals surface area contributed by atoms with Crippen LogP contribution in [0.25, 0.3) is 11.1 Å². The number of aryl methyl sites for hydroxylation is 1. The Hall–Kier alpha value is -4.35. The van der Waals surface area contributed by atoms with Crippen molar-refractivity contribution in [2.75, 3.05) is 27.8 Å². The predicted octanol–water partition coefficient (Wildman–Crippen LogP) is 6.90. The fraction of sp³-hybridized carbons (Fsp3) is 0.462. The minimum absolute atomic E-state index is 0.00563. The number of carbonyl (C=O) groups is 1. The minimum atomic E-state index is -0.273. The van der Waals surface area contributed by atoms with Gasteiger partial charge in [0.2, 0.25) is 0 Å². The molecule has 8 nitrogen and oxygen atoms in total. The summed E-state index contributed by atoms with van der Waals surface area (Å²) in [5, 5.41) is 9.87. The molecule has 0 aliphatic carbocycles. The Morgan fingerprint density at radius 1 is 1.09 bits per heavy atom. The van der Waals surface area contributed by atoms with Crippen LogP contribution < -0.4 is 15.0 Å². The molecule has 1 aliphatic rings. The highest BCUT2D eigenvalue weighted by atomic mass is 16.5. The molecule has 0 bridgehead atoms. The number of benzene rings is 2. The third kappa shape index (κ3) is 7.63. The number of fused-ring (bicyclic) bond motifs is 1. The molecule has 2 heterocycles. The molecule has 8 heteroatoms. The molecule has 0 saturated carbocycles. The van der Waals surface area contributed by atoms with Crippen LogP contribution in [0.15, 0.2) is 53.0 Å². The van der Waals surface area contributed by atoms with Gasteiger partial charge < -0.3 is 18.9 Å². The van der Waals surface area contributed by atoms with Crippen molar-refractivity contribution in [3.63, 3.8) is 0 Å². The summed E-state index contributed by atoms with van der Waals surface area (Å²) < 4.78 is 13.4. The van der Waals surface area contributed by atoms with Crippen molar-refractivity contribution in [2.24, 2.45) is 18.4 Å². The third-order valence-corrected chi connectivity index (χ3v) is 9.04. The maximum atomic E-state index is 13.7. The van der Waals surface area contributed by atoms with Crippen LogP contribution >= 0.6 is 0 Å². The number of pyridine rings is 1. The first-order valence-corrected chi connectivity index (χ1v) is 16.3. The van der Waals surface area contributed by atoms with Crippen molar-refractivity contribution in [3.05, 3.63) is 91.9 Å². The van der Waals surface area contributed by atoms with E-state index in [1.807, 2.05) is 57.8 Å². The third-order valence-electron chi connectivity index (χ3n) is 9.04. The smallest absolute Gasteiger partial charge is 0.264 e. The highest BCUT2D eigenvalue weighted by Crippen LogP contribution is 2.39. The highest BCUT2D eigenvalue weighted by molar-refractivity contribution is 5.97. The van der Waals surface area contributed by atoms with E-state index in [1.165, 1.54) is 5.56 Å². The molecular weight excluding hydrogens is 588 g/mol. The minimum Gasteiger partial charge on any atom is -0.496 e. The standard InChI is InChI=1S/C39H50N4O4/c1-24(2)36-31-16-27(12-13-28(31)14-15-43(36)38(45)30(20-40)19-39(5,6)7)21-41(8)22-33-34(46-10)17-29(18-35(33)47-11)32-23-42(9)37(44)26(4)25(32)3/h12-13,16-19,23-24,36H,14-15,21-22H2,1-11H3. The zero-order valence-electron chi connectivity index (χ0n) is 29.9. The number of rotatable bonds is 9. The molecule has 1 unspecified atom stereocenters. The second-order valence-corrected chi connectivity index (χ2v) is 14.2. The first-order chi connectivity index (χ1) is 22.1. The molecule has 1 aromatic heterocycles. The average Bonchev–Trinajstić information content (AvgIpc) is 3.02. The molecule has 3 aromatic rings. The maximum Gasteiger partial charge on any atom is 0.264 e. The van der Waals surface area contributed by atoms with Gasteiger partial charge in [0.15, 0.2) is 0 Å². The molecule has 47 heavy (non-hydrogen) atoms. The van der Waals surface area contributed by atoms with Crippen LogP contribution in [0.5, 0.6) is 11.5 Å². The molecule has 1 amide bonds. The summed E-state index contributed by atoms with van der Waals surface area (Å²) in [6.07, 6.45) is 4.40. The first kappa shape index (κ1) is 35.5. The van der Waals surface area contributed by atoms with Crippen LogP contribution in [0.4, 0.5) is 0 Å². The Morgan fingerprint density at radius 2 is 1.72 bits per heavy atom. The number of ether oxygens (including phenoxy) is 2. The number of nitriles is 1. The lowest BCUT2D eigenvalue weighted by Gasteiger charge is -2.40. The van der Waals surface area contributed by atoms with Gasteiger partial charge in [-0.1, -0.05) is 58.9 Å². The summed E-state index contributed by atoms with van der Waals surface area (Å²) >= 11 is 0. The van der Waals surface area contributed by atoms with E-state index < -0.39 is 0 Å². The van der Waals surface area contributed by atoms with E-state index >= 15 is 0 Å². The van der Waals surface area contributed by atoms with Crippen molar-refractivity contribution >= 4 is 5.91 Å². The van der Waals surface area contributed by atoms with Crippen LogP contribution in [0.1, 0.15) is 74.0 Å². The van der Waals surface area contributed by atoms with Gasteiger partial charge in [0.05, 0.1) is 25.8 Å². The number of amides is 1. The monoisotopic (exact) mass is 638 g/mol. The Morgan fingerprint density at radius 3 is 2.28 bits per heavy atom. The van der Waals surface area contributed by atoms with Gasteiger partial charge in [-0.15, -0.1) is 0 Å². The number of methoxy groups -OCH3 is 2. The molecule has 0 fully saturated rings. The van der Waals surface area contributed by atoms with E-state index in [2.05, 4.69) is 50.1 Å². The maximum absolute atomic E-state index is 13.7. The fourth-order valence-corrected chi connectivity index (χ4v) is 6.67. The molecule has 4 rings (SSSR count). The lowest BCUT2D eigenvalue weighted by molar-refractivity contribution is -0.130. The van der Waals surface area contributed by atoms with Crippen molar-refractivity contribution in [1.29, 1.82) is 5.26 Å². The summed E-state index contributed by atoms with van der Waals surface area (Å²) in [4.78, 5) is 30.3. The zero-order valence-corrected chi connectivity index (χ0v) is 29.9. The summed E-state index contributed by atoms with van der Waals surface area (Å²) in [5.74, 6) is 1.41. The predicted molar refractivity (Wildman–Crippen MR) is 187 cm³/mol. The number of carbonyl (C=O) groups excluding carboxylic acids is 1. The number of aromatic nitrogens is 1. The van der Waals surface area contributed by atoms with Gasteiger partial charge in [-0.3, -0.25) is 14.5 Å². The fourth-order valence-electron chi connectivity index (χ4n) is 6.67. The van der Waals surface area contributed by atoms with Crippen LogP contribution in [-0.4, -0.2) is 48.1 Å². The van der Waals surface area contributed by atoms with Crippen molar-refractivity contribution in [3.8, 4) is 28.7 Å². The van der Waals surface area contributed by atoms with Gasteiger partial charge in [-0.2, -0.15) is 5.26 Å². The summed E-state index contributed by atoms with van der Waals surface area (Å²) in [6.45, 7) is 15.9. The average molecular weight is 639 g/mol. The van der Waals surface area contributed by atoms with Crippen LogP contribution in [-0.2, 0) is 31.4 Å². The molecule has 1 atom stereocenters. The normalized spacial score (nSPS) is 15.1. The van der Waals surface area contributed by atoms with E-state index in [-0.39, 0.29) is 34.4 Å². The second-order valence-electron chi connectivity index (χ2n) is 14.2. The van der Waals surface area contributed by atoms with Crippen LogP contribution in [0.3, 0.4) is 0 Å². The Kier molecular flexibility index (Phi) is 10.7. The molecule has 1 aliphatic heterocycles. The Balaban J connectivity index is 1.63. The molecule has 0 N–H and O–H groups in total. The molecule has 0 spiro atoms. The van der Waals surface area contributed by atoms with Crippen molar-refractivity contribution in [2.45, 2.75) is 74.0 Å². The summed E-state index contributed by atoms with van der Waals surface area (Å²) in [7, 11) is 7.16. The Labute approximate surface area is 280 Å². The van der Waals surface area contributed by atoms with Crippen molar-refractivity contribution in [1.82, 2.24) is 14.4 Å². The van der Waals surface area contributed by atoms with E-state index in [9.17, 15) is 14.9 Å². The van der Waals surface area contributed by atoms with E-state index in [0.29, 0.717) is 31.1 Å². The largest absolute Gasteiger partial charge is 0.496 e. The lowest BCUT2D eigenvalue weighted by Crippen LogP contribution is -2.43. The SMILES string of the molecule is COc1cc(-c2cn(C)c(=O)c(C)c2C)cc(OC)c1CN(C)Cc1ccc2c(c1)C(C(C)C)N(C(=O)C(C#N)=CC(C)(C)C)CC2. The number of nitrogens with zero attached hydrogens (tertiary/aromatic N) is 4. The van der Waals surface area contributed by atoms with E-state index in [1.54, 1.807) is 31.9 Å². The van der Waals surface area contributed by atoms with Crippen LogP contribution in [0.2, 0.25) is 0 Å². The Bertz CT molecular complexity index is 1760. The second kappa shape index (κ2) is 14.2. The zero-order chi connectivity index (χ0) is 34.8. The van der Waals surface area contributed by atoms with Gasteiger partial charge in [-0.25, -0.2) is 0 Å². The number of hydrogen-bond donors (Lipinski definition) is 0. The van der Waals surface area contributed by atoms with E-state index in [4.69, 9.17) is 9.47 Å². The summed E-state index contributed by atoms with van der Waals surface area (Å²) in [6, 6.07) is 12.7. The quantitative estimate of drug-likeness (QED) is 0.187. The van der Waals surface area contributed by atoms with Gasteiger partial charge >= 0.3 is 0 Å². The number of allylic oxidation sites excluding steroid dienone is 1. The molecule has 2 aromatic carbocycles. The van der Waals surface area contributed by atoms with Gasteiger partial charge in [0.1, 0.15) is 23.1 Å². The molecular formula is C39H50N4O4. The number of hydrogen-bond acceptors (Lipinski definition) is 6. The van der Waals surface area contributed by atoms with Crippen molar-refractivity contribution < 1.29 is 14.3 Å². The first-order valence-electron chi connectivity index (χ1n) is 16.3. The molecule has 0 saturated heterocycles. The van der Waals surface area contributed by atoms with E-state index in [0.717, 1.165) is 45.4 Å². The summed E-state index contributed by atoms with van der Waals surface area (Å²) in [5.41, 5.74) is 7.94.